The molecule has 4 heterocycles. The van der Waals surface area contributed by atoms with Crippen molar-refractivity contribution in [3.63, 3.8) is 0 Å². The van der Waals surface area contributed by atoms with Crippen molar-refractivity contribution in [1.29, 1.82) is 0 Å². The fourth-order valence-electron chi connectivity index (χ4n) is 3.88. The molecule has 2 bridgehead atoms. The second kappa shape index (κ2) is 7.09. The lowest BCUT2D eigenvalue weighted by atomic mass is 9.84. The SMILES string of the molecule is NC(=O)Nc1sc(-c2ccccc2)cc1C(=O)NC1CN2CCC1CC2. The van der Waals surface area contributed by atoms with E-state index in [-0.39, 0.29) is 11.9 Å². The highest BCUT2D eigenvalue weighted by Crippen LogP contribution is 2.36. The number of amides is 3. The summed E-state index contributed by atoms with van der Waals surface area (Å²) in [6.07, 6.45) is 2.27. The van der Waals surface area contributed by atoms with Crippen molar-refractivity contribution in [2.24, 2.45) is 11.7 Å². The largest absolute Gasteiger partial charge is 0.351 e. The van der Waals surface area contributed by atoms with E-state index in [0.717, 1.165) is 42.9 Å². The summed E-state index contributed by atoms with van der Waals surface area (Å²) in [4.78, 5) is 27.6. The molecule has 3 saturated heterocycles. The van der Waals surface area contributed by atoms with E-state index >= 15 is 0 Å². The lowest BCUT2D eigenvalue weighted by molar-refractivity contribution is 0.0621. The van der Waals surface area contributed by atoms with Crippen molar-refractivity contribution >= 4 is 28.3 Å². The molecule has 1 aromatic heterocycles. The van der Waals surface area contributed by atoms with Crippen LogP contribution in [0, 0.1) is 5.92 Å². The molecule has 0 aliphatic carbocycles. The molecule has 1 aromatic carbocycles. The van der Waals surface area contributed by atoms with E-state index in [4.69, 9.17) is 5.73 Å². The first-order valence-electron chi connectivity index (χ1n) is 8.89. The fraction of sp³-hybridized carbons (Fsp3) is 0.368. The molecular formula is C19H22N4O2S. The molecule has 136 valence electrons. The normalized spacial score (nSPS) is 24.2. The average molecular weight is 370 g/mol. The third-order valence-electron chi connectivity index (χ3n) is 5.24. The number of carbonyl (C=O) groups excluding carboxylic acids is 2. The summed E-state index contributed by atoms with van der Waals surface area (Å²) in [6.45, 7) is 3.16. The number of rotatable bonds is 4. The zero-order valence-corrected chi connectivity index (χ0v) is 15.2. The molecule has 7 heteroatoms. The molecule has 4 N–H and O–H groups in total. The van der Waals surface area contributed by atoms with Crippen LogP contribution in [-0.2, 0) is 0 Å². The molecule has 0 radical (unpaired) electrons. The fourth-order valence-corrected chi connectivity index (χ4v) is 4.95. The quantitative estimate of drug-likeness (QED) is 0.773. The van der Waals surface area contributed by atoms with Gasteiger partial charge in [-0.05, 0) is 43.5 Å². The number of benzene rings is 1. The van der Waals surface area contributed by atoms with Gasteiger partial charge in [0.15, 0.2) is 0 Å². The molecule has 26 heavy (non-hydrogen) atoms. The summed E-state index contributed by atoms with van der Waals surface area (Å²) in [6, 6.07) is 11.1. The minimum Gasteiger partial charge on any atom is -0.351 e. The molecule has 0 spiro atoms. The first-order chi connectivity index (χ1) is 12.6. The Bertz CT molecular complexity index is 812. The van der Waals surface area contributed by atoms with Crippen LogP contribution in [0.25, 0.3) is 10.4 Å². The van der Waals surface area contributed by atoms with Crippen molar-refractivity contribution in [3.8, 4) is 10.4 Å². The summed E-state index contributed by atoms with van der Waals surface area (Å²) in [5.74, 6) is 0.398. The summed E-state index contributed by atoms with van der Waals surface area (Å²) in [5.41, 5.74) is 6.78. The standard InChI is InChI=1S/C19H22N4O2S/c20-19(25)22-18-14(10-16(26-18)13-4-2-1-3-5-13)17(24)21-15-11-23-8-6-12(15)7-9-23/h1-5,10,12,15H,6-9,11H2,(H,21,24)(H3,20,22,25). The van der Waals surface area contributed by atoms with Gasteiger partial charge < -0.3 is 16.0 Å². The topological polar surface area (TPSA) is 87.5 Å². The number of primary amides is 1. The molecule has 6 nitrogen and oxygen atoms in total. The predicted octanol–water partition coefficient (Wildman–Crippen LogP) is 2.73. The number of nitrogens with zero attached hydrogens (tertiary/aromatic N) is 1. The third kappa shape index (κ3) is 3.45. The van der Waals surface area contributed by atoms with Gasteiger partial charge in [0, 0.05) is 17.5 Å². The van der Waals surface area contributed by atoms with Crippen LogP contribution in [0.2, 0.25) is 0 Å². The van der Waals surface area contributed by atoms with Gasteiger partial charge in [-0.3, -0.25) is 10.1 Å². The van der Waals surface area contributed by atoms with Crippen LogP contribution < -0.4 is 16.4 Å². The summed E-state index contributed by atoms with van der Waals surface area (Å²) in [5, 5.41) is 6.28. The number of urea groups is 1. The van der Waals surface area contributed by atoms with Gasteiger partial charge in [0.2, 0.25) is 0 Å². The Morgan fingerprint density at radius 3 is 2.50 bits per heavy atom. The maximum Gasteiger partial charge on any atom is 0.317 e. The van der Waals surface area contributed by atoms with Gasteiger partial charge in [0.05, 0.1) is 5.56 Å². The van der Waals surface area contributed by atoms with Gasteiger partial charge >= 0.3 is 6.03 Å². The Morgan fingerprint density at radius 1 is 1.15 bits per heavy atom. The molecule has 2 aromatic rings. The summed E-state index contributed by atoms with van der Waals surface area (Å²) >= 11 is 1.36. The lowest BCUT2D eigenvalue weighted by Crippen LogP contribution is -2.57. The second-order valence-electron chi connectivity index (χ2n) is 6.93. The number of thiophene rings is 1. The molecule has 0 saturated carbocycles. The molecular weight excluding hydrogens is 348 g/mol. The van der Waals surface area contributed by atoms with Crippen LogP contribution in [0.1, 0.15) is 23.2 Å². The van der Waals surface area contributed by atoms with E-state index in [9.17, 15) is 9.59 Å². The number of carbonyl (C=O) groups is 2. The smallest absolute Gasteiger partial charge is 0.317 e. The molecule has 5 rings (SSSR count). The number of nitrogens with two attached hydrogens (primary N) is 1. The predicted molar refractivity (Wildman–Crippen MR) is 103 cm³/mol. The van der Waals surface area contributed by atoms with E-state index in [0.29, 0.717) is 16.5 Å². The van der Waals surface area contributed by atoms with E-state index in [1.807, 2.05) is 36.4 Å². The first kappa shape index (κ1) is 17.1. The van der Waals surface area contributed by atoms with E-state index in [2.05, 4.69) is 15.5 Å². The Morgan fingerprint density at radius 2 is 1.88 bits per heavy atom. The van der Waals surface area contributed by atoms with Gasteiger partial charge in [-0.1, -0.05) is 30.3 Å². The highest BCUT2D eigenvalue weighted by molar-refractivity contribution is 7.20. The van der Waals surface area contributed by atoms with Crippen LogP contribution >= 0.6 is 11.3 Å². The van der Waals surface area contributed by atoms with Crippen molar-refractivity contribution < 1.29 is 9.59 Å². The summed E-state index contributed by atoms with van der Waals surface area (Å²) < 4.78 is 0. The van der Waals surface area contributed by atoms with Crippen LogP contribution in [0.15, 0.2) is 36.4 Å². The molecule has 1 unspecified atom stereocenters. The van der Waals surface area contributed by atoms with E-state index in [1.165, 1.54) is 11.3 Å². The van der Waals surface area contributed by atoms with Crippen LogP contribution in [-0.4, -0.2) is 42.5 Å². The third-order valence-corrected chi connectivity index (χ3v) is 6.34. The number of anilines is 1. The summed E-state index contributed by atoms with van der Waals surface area (Å²) in [7, 11) is 0. The van der Waals surface area contributed by atoms with Crippen LogP contribution in [0.3, 0.4) is 0 Å². The maximum atomic E-state index is 12.9. The molecule has 3 fully saturated rings. The van der Waals surface area contributed by atoms with E-state index < -0.39 is 6.03 Å². The molecule has 3 amide bonds. The van der Waals surface area contributed by atoms with Crippen molar-refractivity contribution in [3.05, 3.63) is 42.0 Å². The molecule has 3 aliphatic rings. The van der Waals surface area contributed by atoms with Gasteiger partial charge in [-0.2, -0.15) is 0 Å². The minimum absolute atomic E-state index is 0.147. The molecule has 3 aliphatic heterocycles. The van der Waals surface area contributed by atoms with Gasteiger partial charge in [0.1, 0.15) is 5.00 Å². The van der Waals surface area contributed by atoms with Gasteiger partial charge in [0.25, 0.3) is 5.91 Å². The van der Waals surface area contributed by atoms with Crippen molar-refractivity contribution in [2.45, 2.75) is 18.9 Å². The van der Waals surface area contributed by atoms with Crippen molar-refractivity contribution in [2.75, 3.05) is 25.0 Å². The van der Waals surface area contributed by atoms with Gasteiger partial charge in [-0.25, -0.2) is 4.79 Å². The molecule has 1 atom stereocenters. The Labute approximate surface area is 156 Å². The number of hydrogen-bond donors (Lipinski definition) is 3. The Hall–Kier alpha value is -2.38. The highest BCUT2D eigenvalue weighted by atomic mass is 32.1. The van der Waals surface area contributed by atoms with E-state index in [1.54, 1.807) is 0 Å². The number of fused-ring (bicyclic) bond motifs is 3. The zero-order chi connectivity index (χ0) is 18.1. The lowest BCUT2D eigenvalue weighted by Gasteiger charge is -2.44. The highest BCUT2D eigenvalue weighted by Gasteiger charge is 2.35. The van der Waals surface area contributed by atoms with Crippen molar-refractivity contribution in [1.82, 2.24) is 10.2 Å². The maximum absolute atomic E-state index is 12.9. The zero-order valence-electron chi connectivity index (χ0n) is 14.4. The monoisotopic (exact) mass is 370 g/mol. The Kier molecular flexibility index (Phi) is 4.65. The number of nitrogens with one attached hydrogen (secondary N) is 2. The van der Waals surface area contributed by atoms with Crippen LogP contribution in [0.5, 0.6) is 0 Å². The number of piperidine rings is 3. The van der Waals surface area contributed by atoms with Gasteiger partial charge in [-0.15, -0.1) is 11.3 Å². The first-order valence-corrected chi connectivity index (χ1v) is 9.71. The van der Waals surface area contributed by atoms with Crippen LogP contribution in [0.4, 0.5) is 9.80 Å². The average Bonchev–Trinajstić information content (AvgIpc) is 3.07. The minimum atomic E-state index is -0.664. The number of hydrogen-bond acceptors (Lipinski definition) is 4. The Balaban J connectivity index is 1.58. The second-order valence-corrected chi connectivity index (χ2v) is 7.98.